The Labute approximate surface area is 96.7 Å². The molecule has 0 bridgehead atoms. The molecule has 0 aliphatic rings. The average molecular weight is 227 g/mol. The summed E-state index contributed by atoms with van der Waals surface area (Å²) in [4.78, 5) is 6.33. The number of aryl methyl sites for hydroxylation is 1. The molecule has 1 heterocycles. The number of nitrogens with zero attached hydrogens (tertiary/aromatic N) is 3. The number of imidazole rings is 1. The predicted octanol–water partition coefficient (Wildman–Crippen LogP) is -0.0983. The summed E-state index contributed by atoms with van der Waals surface area (Å²) < 4.78 is 6.89. The standard InChI is InChI=1S/C11H21N3O2/c1-13(8-10(15)9-16-3)6-4-11-12-5-7-14(11)2/h5,7,10,15H,4,6,8-9H2,1-3H3. The van der Waals surface area contributed by atoms with E-state index >= 15 is 0 Å². The summed E-state index contributed by atoms with van der Waals surface area (Å²) >= 11 is 0. The molecular formula is C11H21N3O2. The Bertz CT molecular complexity index is 301. The summed E-state index contributed by atoms with van der Waals surface area (Å²) in [5.41, 5.74) is 0. The predicted molar refractivity (Wildman–Crippen MR) is 62.3 cm³/mol. The Hall–Kier alpha value is -0.910. The highest BCUT2D eigenvalue weighted by molar-refractivity contribution is 4.91. The molecule has 0 aromatic carbocycles. The molecule has 1 rings (SSSR count). The van der Waals surface area contributed by atoms with Crippen LogP contribution in [0.3, 0.4) is 0 Å². The zero-order valence-corrected chi connectivity index (χ0v) is 10.3. The van der Waals surface area contributed by atoms with E-state index in [9.17, 15) is 5.11 Å². The SMILES string of the molecule is COCC(O)CN(C)CCc1nccn1C. The van der Waals surface area contributed by atoms with Gasteiger partial charge in [-0.2, -0.15) is 0 Å². The van der Waals surface area contributed by atoms with Gasteiger partial charge in [0.15, 0.2) is 0 Å². The van der Waals surface area contributed by atoms with E-state index < -0.39 is 6.10 Å². The van der Waals surface area contributed by atoms with E-state index in [0.29, 0.717) is 13.2 Å². The van der Waals surface area contributed by atoms with Crippen LogP contribution in [0.15, 0.2) is 12.4 Å². The van der Waals surface area contributed by atoms with Crippen molar-refractivity contribution in [1.82, 2.24) is 14.5 Å². The number of hydrogen-bond acceptors (Lipinski definition) is 4. The van der Waals surface area contributed by atoms with Crippen LogP contribution in [0.2, 0.25) is 0 Å². The van der Waals surface area contributed by atoms with Gasteiger partial charge in [0.2, 0.25) is 0 Å². The van der Waals surface area contributed by atoms with Crippen molar-refractivity contribution in [3.05, 3.63) is 18.2 Å². The van der Waals surface area contributed by atoms with Gasteiger partial charge in [0.1, 0.15) is 5.82 Å². The van der Waals surface area contributed by atoms with Crippen molar-refractivity contribution in [2.24, 2.45) is 7.05 Å². The Morgan fingerprint density at radius 2 is 2.38 bits per heavy atom. The topological polar surface area (TPSA) is 50.5 Å². The molecule has 0 spiro atoms. The van der Waals surface area contributed by atoms with Gasteiger partial charge in [-0.25, -0.2) is 4.98 Å². The van der Waals surface area contributed by atoms with Crippen LogP contribution in [0, 0.1) is 0 Å². The van der Waals surface area contributed by atoms with Gasteiger partial charge in [0.05, 0.1) is 12.7 Å². The van der Waals surface area contributed by atoms with Gasteiger partial charge in [-0.3, -0.25) is 0 Å². The Kier molecular flexibility index (Phi) is 5.45. The number of ether oxygens (including phenoxy) is 1. The number of aliphatic hydroxyl groups is 1. The molecule has 1 atom stereocenters. The summed E-state index contributed by atoms with van der Waals surface area (Å²) in [7, 11) is 5.57. The number of rotatable bonds is 7. The quantitative estimate of drug-likeness (QED) is 0.707. The maximum absolute atomic E-state index is 9.54. The fourth-order valence-corrected chi connectivity index (χ4v) is 1.62. The first-order chi connectivity index (χ1) is 7.63. The fourth-order valence-electron chi connectivity index (χ4n) is 1.62. The van der Waals surface area contributed by atoms with Crippen molar-refractivity contribution >= 4 is 0 Å². The monoisotopic (exact) mass is 227 g/mol. The van der Waals surface area contributed by atoms with Crippen LogP contribution in [0.1, 0.15) is 5.82 Å². The highest BCUT2D eigenvalue weighted by Gasteiger charge is 2.08. The van der Waals surface area contributed by atoms with Crippen LogP contribution in [0.4, 0.5) is 0 Å². The first kappa shape index (κ1) is 13.2. The number of methoxy groups -OCH3 is 1. The van der Waals surface area contributed by atoms with E-state index in [4.69, 9.17) is 4.74 Å². The molecular weight excluding hydrogens is 206 g/mol. The second-order valence-electron chi connectivity index (χ2n) is 4.08. The molecule has 5 nitrogen and oxygen atoms in total. The van der Waals surface area contributed by atoms with Crippen LogP contribution in [0.25, 0.3) is 0 Å². The van der Waals surface area contributed by atoms with E-state index in [1.165, 1.54) is 0 Å². The summed E-state index contributed by atoms with van der Waals surface area (Å²) in [6.07, 6.45) is 4.21. The first-order valence-electron chi connectivity index (χ1n) is 5.45. The van der Waals surface area contributed by atoms with Crippen LogP contribution in [-0.2, 0) is 18.2 Å². The highest BCUT2D eigenvalue weighted by atomic mass is 16.5. The van der Waals surface area contributed by atoms with Gasteiger partial charge in [-0.05, 0) is 7.05 Å². The lowest BCUT2D eigenvalue weighted by Crippen LogP contribution is -2.33. The average Bonchev–Trinajstić information content (AvgIpc) is 2.61. The maximum Gasteiger partial charge on any atom is 0.109 e. The van der Waals surface area contributed by atoms with Gasteiger partial charge >= 0.3 is 0 Å². The molecule has 0 fully saturated rings. The molecule has 1 aromatic rings. The number of aliphatic hydroxyl groups excluding tert-OH is 1. The summed E-state index contributed by atoms with van der Waals surface area (Å²) in [5, 5.41) is 9.54. The van der Waals surface area contributed by atoms with Gasteiger partial charge in [0, 0.05) is 46.1 Å². The van der Waals surface area contributed by atoms with Crippen LogP contribution < -0.4 is 0 Å². The van der Waals surface area contributed by atoms with Crippen molar-refractivity contribution in [3.63, 3.8) is 0 Å². The minimum absolute atomic E-state index is 0.382. The lowest BCUT2D eigenvalue weighted by Gasteiger charge is -2.19. The molecule has 16 heavy (non-hydrogen) atoms. The van der Waals surface area contributed by atoms with E-state index in [0.717, 1.165) is 18.8 Å². The van der Waals surface area contributed by atoms with Crippen molar-refractivity contribution < 1.29 is 9.84 Å². The molecule has 0 saturated carbocycles. The molecule has 0 aliphatic carbocycles. The first-order valence-corrected chi connectivity index (χ1v) is 5.45. The molecule has 5 heteroatoms. The lowest BCUT2D eigenvalue weighted by molar-refractivity contribution is 0.0434. The second kappa shape index (κ2) is 6.62. The Morgan fingerprint density at radius 1 is 1.62 bits per heavy atom. The molecule has 0 radical (unpaired) electrons. The highest BCUT2D eigenvalue weighted by Crippen LogP contribution is 1.98. The van der Waals surface area contributed by atoms with Gasteiger partial charge in [-0.15, -0.1) is 0 Å². The maximum atomic E-state index is 9.54. The van der Waals surface area contributed by atoms with Crippen molar-refractivity contribution in [2.45, 2.75) is 12.5 Å². The second-order valence-corrected chi connectivity index (χ2v) is 4.08. The third-order valence-electron chi connectivity index (χ3n) is 2.52. The van der Waals surface area contributed by atoms with Crippen LogP contribution >= 0.6 is 0 Å². The minimum atomic E-state index is -0.420. The lowest BCUT2D eigenvalue weighted by atomic mass is 10.3. The number of aromatic nitrogens is 2. The molecule has 0 amide bonds. The largest absolute Gasteiger partial charge is 0.389 e. The van der Waals surface area contributed by atoms with Gasteiger partial charge in [0.25, 0.3) is 0 Å². The molecule has 1 aromatic heterocycles. The minimum Gasteiger partial charge on any atom is -0.389 e. The van der Waals surface area contributed by atoms with Crippen molar-refractivity contribution in [1.29, 1.82) is 0 Å². The van der Waals surface area contributed by atoms with Gasteiger partial charge in [-0.1, -0.05) is 0 Å². The normalized spacial score (nSPS) is 13.3. The number of hydrogen-bond donors (Lipinski definition) is 1. The zero-order valence-electron chi connectivity index (χ0n) is 10.3. The van der Waals surface area contributed by atoms with Crippen LogP contribution in [-0.4, -0.2) is 59.5 Å². The molecule has 0 aliphatic heterocycles. The van der Waals surface area contributed by atoms with E-state index in [1.807, 2.05) is 24.9 Å². The van der Waals surface area contributed by atoms with Crippen LogP contribution in [0.5, 0.6) is 0 Å². The summed E-state index contributed by atoms with van der Waals surface area (Å²) in [5.74, 6) is 1.06. The smallest absolute Gasteiger partial charge is 0.109 e. The zero-order chi connectivity index (χ0) is 12.0. The Balaban J connectivity index is 2.25. The van der Waals surface area contributed by atoms with E-state index in [1.54, 1.807) is 13.3 Å². The van der Waals surface area contributed by atoms with E-state index in [-0.39, 0.29) is 0 Å². The molecule has 1 unspecified atom stereocenters. The number of likely N-dealkylation sites (N-methyl/N-ethyl adjacent to an activating group) is 1. The van der Waals surface area contributed by atoms with Gasteiger partial charge < -0.3 is 19.3 Å². The summed E-state index contributed by atoms with van der Waals surface area (Å²) in [6.45, 7) is 1.89. The molecule has 1 N–H and O–H groups in total. The third-order valence-corrected chi connectivity index (χ3v) is 2.52. The third kappa shape index (κ3) is 4.30. The fraction of sp³-hybridized carbons (Fsp3) is 0.727. The Morgan fingerprint density at radius 3 is 2.94 bits per heavy atom. The summed E-state index contributed by atoms with van der Waals surface area (Å²) in [6, 6.07) is 0. The van der Waals surface area contributed by atoms with E-state index in [2.05, 4.69) is 9.88 Å². The molecule has 92 valence electrons. The van der Waals surface area contributed by atoms with Crippen molar-refractivity contribution in [3.8, 4) is 0 Å². The molecule has 0 saturated heterocycles. The van der Waals surface area contributed by atoms with Crippen molar-refractivity contribution in [2.75, 3.05) is 33.9 Å².